The highest BCUT2D eigenvalue weighted by atomic mass is 16.2. The Morgan fingerprint density at radius 3 is 2.68 bits per heavy atom. The van der Waals surface area contributed by atoms with Crippen molar-refractivity contribution in [3.8, 4) is 11.1 Å². The minimum absolute atomic E-state index is 0.110. The van der Waals surface area contributed by atoms with Gasteiger partial charge in [0.1, 0.15) is 6.04 Å². The Balaban J connectivity index is 1.77. The number of urea groups is 1. The van der Waals surface area contributed by atoms with Crippen LogP contribution in [-0.4, -0.2) is 36.5 Å². The first-order valence-electron chi connectivity index (χ1n) is 8.55. The van der Waals surface area contributed by atoms with Crippen molar-refractivity contribution in [1.29, 1.82) is 0 Å². The summed E-state index contributed by atoms with van der Waals surface area (Å²) in [6.07, 6.45) is 1.55. The number of nitrogens with one attached hydrogen (secondary N) is 2. The van der Waals surface area contributed by atoms with E-state index in [0.29, 0.717) is 13.0 Å². The SMILES string of the molecule is CNC(=O)[C@H]1CCCN1C(=O)Nc1cccc(-c2ccccc2C)c1. The van der Waals surface area contributed by atoms with Gasteiger partial charge in [0.05, 0.1) is 0 Å². The first-order valence-corrected chi connectivity index (χ1v) is 8.55. The Labute approximate surface area is 148 Å². The van der Waals surface area contributed by atoms with Crippen LogP contribution in [0.25, 0.3) is 11.1 Å². The van der Waals surface area contributed by atoms with Gasteiger partial charge in [-0.15, -0.1) is 0 Å². The van der Waals surface area contributed by atoms with E-state index in [4.69, 9.17) is 0 Å². The van der Waals surface area contributed by atoms with Gasteiger partial charge in [0, 0.05) is 19.3 Å². The fraction of sp³-hybridized carbons (Fsp3) is 0.300. The van der Waals surface area contributed by atoms with E-state index in [1.807, 2.05) is 36.4 Å². The smallest absolute Gasteiger partial charge is 0.322 e. The second-order valence-electron chi connectivity index (χ2n) is 6.29. The second-order valence-corrected chi connectivity index (χ2v) is 6.29. The average molecular weight is 337 g/mol. The summed E-state index contributed by atoms with van der Waals surface area (Å²) in [6, 6.07) is 15.3. The normalized spacial score (nSPS) is 16.6. The molecular weight excluding hydrogens is 314 g/mol. The third-order valence-electron chi connectivity index (χ3n) is 4.63. The van der Waals surface area contributed by atoms with Crippen LogP contribution in [-0.2, 0) is 4.79 Å². The van der Waals surface area contributed by atoms with Crippen molar-refractivity contribution in [2.24, 2.45) is 0 Å². The van der Waals surface area contributed by atoms with E-state index < -0.39 is 0 Å². The summed E-state index contributed by atoms with van der Waals surface area (Å²) < 4.78 is 0. The molecule has 0 aromatic heterocycles. The number of nitrogens with zero attached hydrogens (tertiary/aromatic N) is 1. The summed E-state index contributed by atoms with van der Waals surface area (Å²) in [5, 5.41) is 5.56. The van der Waals surface area contributed by atoms with E-state index in [1.54, 1.807) is 11.9 Å². The van der Waals surface area contributed by atoms with Crippen LogP contribution in [0.2, 0.25) is 0 Å². The quantitative estimate of drug-likeness (QED) is 0.902. The molecule has 25 heavy (non-hydrogen) atoms. The van der Waals surface area contributed by atoms with Crippen molar-refractivity contribution < 1.29 is 9.59 Å². The fourth-order valence-electron chi connectivity index (χ4n) is 3.31. The third-order valence-corrected chi connectivity index (χ3v) is 4.63. The molecule has 1 aliphatic rings. The Morgan fingerprint density at radius 1 is 1.12 bits per heavy atom. The number of aryl methyl sites for hydroxylation is 1. The van der Waals surface area contributed by atoms with Gasteiger partial charge in [-0.1, -0.05) is 36.4 Å². The van der Waals surface area contributed by atoms with Crippen molar-refractivity contribution in [1.82, 2.24) is 10.2 Å². The summed E-state index contributed by atoms with van der Waals surface area (Å²) in [5.74, 6) is -0.110. The number of likely N-dealkylation sites (N-methyl/N-ethyl adjacent to an activating group) is 1. The molecule has 0 saturated carbocycles. The Bertz CT molecular complexity index is 788. The molecule has 5 heteroatoms. The maximum Gasteiger partial charge on any atom is 0.322 e. The maximum absolute atomic E-state index is 12.6. The second kappa shape index (κ2) is 7.38. The van der Waals surface area contributed by atoms with E-state index in [9.17, 15) is 9.59 Å². The minimum atomic E-state index is -0.385. The molecule has 3 rings (SSSR count). The molecule has 130 valence electrons. The van der Waals surface area contributed by atoms with Crippen molar-refractivity contribution >= 4 is 17.6 Å². The zero-order valence-electron chi connectivity index (χ0n) is 14.6. The van der Waals surface area contributed by atoms with E-state index in [-0.39, 0.29) is 18.0 Å². The highest BCUT2D eigenvalue weighted by Gasteiger charge is 2.33. The van der Waals surface area contributed by atoms with Crippen LogP contribution in [0.5, 0.6) is 0 Å². The topological polar surface area (TPSA) is 61.4 Å². The van der Waals surface area contributed by atoms with Gasteiger partial charge in [0.2, 0.25) is 5.91 Å². The van der Waals surface area contributed by atoms with Gasteiger partial charge in [-0.25, -0.2) is 4.79 Å². The van der Waals surface area contributed by atoms with Gasteiger partial charge in [-0.05, 0) is 48.6 Å². The molecule has 1 atom stereocenters. The number of carbonyl (C=O) groups is 2. The van der Waals surface area contributed by atoms with Crippen LogP contribution < -0.4 is 10.6 Å². The van der Waals surface area contributed by atoms with E-state index >= 15 is 0 Å². The lowest BCUT2D eigenvalue weighted by Crippen LogP contribution is -2.46. The minimum Gasteiger partial charge on any atom is -0.357 e. The molecule has 2 aromatic rings. The van der Waals surface area contributed by atoms with Crippen LogP contribution in [0.1, 0.15) is 18.4 Å². The fourth-order valence-corrected chi connectivity index (χ4v) is 3.31. The molecule has 0 aliphatic carbocycles. The Kier molecular flexibility index (Phi) is 5.03. The number of carbonyl (C=O) groups excluding carboxylic acids is 2. The molecule has 5 nitrogen and oxygen atoms in total. The summed E-state index contributed by atoms with van der Waals surface area (Å²) in [7, 11) is 1.60. The van der Waals surface area contributed by atoms with Gasteiger partial charge in [0.15, 0.2) is 0 Å². The van der Waals surface area contributed by atoms with E-state index in [2.05, 4.69) is 29.7 Å². The van der Waals surface area contributed by atoms with Crippen LogP contribution >= 0.6 is 0 Å². The van der Waals surface area contributed by atoms with Gasteiger partial charge in [-0.2, -0.15) is 0 Å². The van der Waals surface area contributed by atoms with Crippen LogP contribution in [0.3, 0.4) is 0 Å². The van der Waals surface area contributed by atoms with Gasteiger partial charge in [-0.3, -0.25) is 4.79 Å². The summed E-state index contributed by atoms with van der Waals surface area (Å²) >= 11 is 0. The number of rotatable bonds is 3. The molecule has 1 heterocycles. The predicted molar refractivity (Wildman–Crippen MR) is 99.4 cm³/mol. The standard InChI is InChI=1S/C20H23N3O2/c1-14-7-3-4-10-17(14)15-8-5-9-16(13-15)22-20(25)23-12-6-11-18(23)19(24)21-2/h3-5,7-10,13,18H,6,11-12H2,1-2H3,(H,21,24)(H,22,25)/t18-/m1/s1. The Morgan fingerprint density at radius 2 is 1.92 bits per heavy atom. The average Bonchev–Trinajstić information content (AvgIpc) is 3.11. The molecule has 2 N–H and O–H groups in total. The van der Waals surface area contributed by atoms with Crippen molar-refractivity contribution in [2.45, 2.75) is 25.8 Å². The lowest BCUT2D eigenvalue weighted by molar-refractivity contribution is -0.124. The molecule has 1 saturated heterocycles. The van der Waals surface area contributed by atoms with Crippen LogP contribution in [0, 0.1) is 6.92 Å². The largest absolute Gasteiger partial charge is 0.357 e. The number of benzene rings is 2. The van der Waals surface area contributed by atoms with Gasteiger partial charge < -0.3 is 15.5 Å². The van der Waals surface area contributed by atoms with E-state index in [1.165, 1.54) is 5.56 Å². The number of likely N-dealkylation sites (tertiary alicyclic amines) is 1. The first-order chi connectivity index (χ1) is 12.1. The molecule has 3 amide bonds. The number of amides is 3. The molecule has 2 aromatic carbocycles. The summed E-state index contributed by atoms with van der Waals surface area (Å²) in [6.45, 7) is 2.67. The zero-order chi connectivity index (χ0) is 17.8. The predicted octanol–water partition coefficient (Wildman–Crippen LogP) is 3.40. The van der Waals surface area contributed by atoms with Crippen LogP contribution in [0.4, 0.5) is 10.5 Å². The van der Waals surface area contributed by atoms with Gasteiger partial charge in [0.25, 0.3) is 0 Å². The number of hydrogen-bond acceptors (Lipinski definition) is 2. The highest BCUT2D eigenvalue weighted by molar-refractivity contribution is 5.94. The molecule has 1 aliphatic heterocycles. The molecule has 0 spiro atoms. The van der Waals surface area contributed by atoms with Crippen molar-refractivity contribution in [2.75, 3.05) is 18.9 Å². The zero-order valence-corrected chi connectivity index (χ0v) is 14.6. The first kappa shape index (κ1) is 17.0. The van der Waals surface area contributed by atoms with Crippen LogP contribution in [0.15, 0.2) is 48.5 Å². The molecule has 1 fully saturated rings. The lowest BCUT2D eigenvalue weighted by Gasteiger charge is -2.23. The summed E-state index contributed by atoms with van der Waals surface area (Å²) in [5.41, 5.74) is 4.11. The Hall–Kier alpha value is -2.82. The van der Waals surface area contributed by atoms with E-state index in [0.717, 1.165) is 23.2 Å². The lowest BCUT2D eigenvalue weighted by atomic mass is 10.0. The van der Waals surface area contributed by atoms with Crippen molar-refractivity contribution in [3.05, 3.63) is 54.1 Å². The molecule has 0 bridgehead atoms. The number of anilines is 1. The number of hydrogen-bond donors (Lipinski definition) is 2. The highest BCUT2D eigenvalue weighted by Crippen LogP contribution is 2.26. The third kappa shape index (κ3) is 3.65. The maximum atomic E-state index is 12.6. The van der Waals surface area contributed by atoms with Gasteiger partial charge >= 0.3 is 6.03 Å². The molecular formula is C20H23N3O2. The molecule has 0 radical (unpaired) electrons. The van der Waals surface area contributed by atoms with Crippen molar-refractivity contribution in [3.63, 3.8) is 0 Å². The molecule has 0 unspecified atom stereocenters. The monoisotopic (exact) mass is 337 g/mol. The summed E-state index contributed by atoms with van der Waals surface area (Å²) in [4.78, 5) is 26.1.